The standard InChI is InChI=1S/C25H29ClN2O3/c1-25(2)16-18-10-11-20(31-3)14-21(18)22(28-25)15-23(29)17-7-6-8-19(13-17)27-24(30)9-4-5-12-26/h6-8,10-11,13-14H,4-5,9,12,15-16H2,1-3H3,(H,27,30). The predicted octanol–water partition coefficient (Wildman–Crippen LogP) is 5.44. The third kappa shape index (κ3) is 6.17. The topological polar surface area (TPSA) is 67.8 Å². The third-order valence-corrected chi connectivity index (χ3v) is 5.54. The molecule has 0 bridgehead atoms. The van der Waals surface area contributed by atoms with Gasteiger partial charge in [-0.2, -0.15) is 0 Å². The number of anilines is 1. The van der Waals surface area contributed by atoms with Gasteiger partial charge in [-0.3, -0.25) is 14.6 Å². The number of unbranched alkanes of at least 4 members (excludes halogenated alkanes) is 1. The molecule has 0 saturated heterocycles. The van der Waals surface area contributed by atoms with Crippen LogP contribution in [0.1, 0.15) is 61.0 Å². The minimum atomic E-state index is -0.268. The van der Waals surface area contributed by atoms with Crippen LogP contribution < -0.4 is 10.1 Å². The van der Waals surface area contributed by atoms with Crippen molar-refractivity contribution in [2.24, 2.45) is 4.99 Å². The van der Waals surface area contributed by atoms with E-state index in [0.717, 1.165) is 36.3 Å². The van der Waals surface area contributed by atoms with E-state index in [4.69, 9.17) is 21.3 Å². The van der Waals surface area contributed by atoms with Crippen molar-refractivity contribution >= 4 is 34.7 Å². The number of fused-ring (bicyclic) bond motifs is 1. The largest absolute Gasteiger partial charge is 0.497 e. The number of halogens is 1. The van der Waals surface area contributed by atoms with Crippen molar-refractivity contribution in [2.75, 3.05) is 18.3 Å². The van der Waals surface area contributed by atoms with E-state index in [1.54, 1.807) is 31.4 Å². The van der Waals surface area contributed by atoms with E-state index in [1.807, 2.05) is 12.1 Å². The number of methoxy groups -OCH3 is 1. The quantitative estimate of drug-likeness (QED) is 0.320. The number of alkyl halides is 1. The summed E-state index contributed by atoms with van der Waals surface area (Å²) in [6, 6.07) is 13.0. The van der Waals surface area contributed by atoms with Crippen LogP contribution in [0.15, 0.2) is 47.5 Å². The molecule has 2 aromatic rings. The van der Waals surface area contributed by atoms with Crippen LogP contribution in [-0.4, -0.2) is 35.9 Å². The molecule has 6 heteroatoms. The van der Waals surface area contributed by atoms with E-state index in [1.165, 1.54) is 5.56 Å². The summed E-state index contributed by atoms with van der Waals surface area (Å²) in [5.41, 5.74) is 3.81. The van der Waals surface area contributed by atoms with E-state index >= 15 is 0 Å². The molecule has 0 atom stereocenters. The van der Waals surface area contributed by atoms with Crippen molar-refractivity contribution in [3.8, 4) is 5.75 Å². The second kappa shape index (κ2) is 10.1. The number of rotatable bonds is 9. The van der Waals surface area contributed by atoms with E-state index in [0.29, 0.717) is 23.6 Å². The molecular formula is C25H29ClN2O3. The first kappa shape index (κ1) is 23.0. The average Bonchev–Trinajstić information content (AvgIpc) is 2.73. The van der Waals surface area contributed by atoms with Crippen molar-refractivity contribution in [1.29, 1.82) is 0 Å². The Labute approximate surface area is 188 Å². The normalized spacial score (nSPS) is 14.4. The summed E-state index contributed by atoms with van der Waals surface area (Å²) in [4.78, 5) is 30.1. The number of ketones is 1. The lowest BCUT2D eigenvalue weighted by Gasteiger charge is -2.29. The number of amides is 1. The lowest BCUT2D eigenvalue weighted by molar-refractivity contribution is -0.116. The zero-order valence-electron chi connectivity index (χ0n) is 18.3. The Morgan fingerprint density at radius 2 is 1.97 bits per heavy atom. The van der Waals surface area contributed by atoms with Crippen molar-refractivity contribution in [1.82, 2.24) is 0 Å². The molecule has 0 radical (unpaired) electrons. The molecule has 164 valence electrons. The lowest BCUT2D eigenvalue weighted by Crippen LogP contribution is -2.30. The highest BCUT2D eigenvalue weighted by molar-refractivity contribution is 6.18. The summed E-state index contributed by atoms with van der Waals surface area (Å²) in [5, 5.41) is 2.86. The van der Waals surface area contributed by atoms with Gasteiger partial charge in [0.2, 0.25) is 5.91 Å². The molecule has 5 nitrogen and oxygen atoms in total. The van der Waals surface area contributed by atoms with Crippen LogP contribution in [0.3, 0.4) is 0 Å². The van der Waals surface area contributed by atoms with Crippen molar-refractivity contribution in [3.63, 3.8) is 0 Å². The van der Waals surface area contributed by atoms with Gasteiger partial charge in [0.1, 0.15) is 5.75 Å². The van der Waals surface area contributed by atoms with E-state index in [-0.39, 0.29) is 23.7 Å². The molecule has 0 unspecified atom stereocenters. The summed E-state index contributed by atoms with van der Waals surface area (Å²) in [6.45, 7) is 4.15. The third-order valence-electron chi connectivity index (χ3n) is 5.27. The second-order valence-corrected chi connectivity index (χ2v) is 8.82. The summed E-state index contributed by atoms with van der Waals surface area (Å²) in [7, 11) is 1.63. The molecule has 1 aliphatic rings. The molecule has 0 fully saturated rings. The second-order valence-electron chi connectivity index (χ2n) is 8.45. The lowest BCUT2D eigenvalue weighted by atomic mass is 9.85. The molecule has 1 N–H and O–H groups in total. The van der Waals surface area contributed by atoms with Gasteiger partial charge in [0.15, 0.2) is 5.78 Å². The van der Waals surface area contributed by atoms with Crippen LogP contribution in [-0.2, 0) is 11.2 Å². The number of nitrogens with zero attached hydrogens (tertiary/aromatic N) is 1. The van der Waals surface area contributed by atoms with Crippen molar-refractivity contribution < 1.29 is 14.3 Å². The van der Waals surface area contributed by atoms with Gasteiger partial charge in [-0.25, -0.2) is 0 Å². The number of hydrogen-bond acceptors (Lipinski definition) is 4. The van der Waals surface area contributed by atoms with Gasteiger partial charge >= 0.3 is 0 Å². The van der Waals surface area contributed by atoms with Gasteiger partial charge in [-0.15, -0.1) is 11.6 Å². The monoisotopic (exact) mass is 440 g/mol. The van der Waals surface area contributed by atoms with Gasteiger partial charge in [0.25, 0.3) is 0 Å². The van der Waals surface area contributed by atoms with Crippen molar-refractivity contribution in [3.05, 3.63) is 59.2 Å². The van der Waals surface area contributed by atoms with Crippen LogP contribution in [0.2, 0.25) is 0 Å². The smallest absolute Gasteiger partial charge is 0.224 e. The van der Waals surface area contributed by atoms with Crippen LogP contribution in [0.5, 0.6) is 5.75 Å². The van der Waals surface area contributed by atoms with E-state index in [2.05, 4.69) is 25.2 Å². The van der Waals surface area contributed by atoms with Crippen LogP contribution >= 0.6 is 11.6 Å². The minimum absolute atomic E-state index is 0.0385. The Morgan fingerprint density at radius 1 is 1.16 bits per heavy atom. The Balaban J connectivity index is 1.77. The maximum Gasteiger partial charge on any atom is 0.224 e. The molecule has 3 rings (SSSR count). The van der Waals surface area contributed by atoms with Crippen LogP contribution in [0, 0.1) is 0 Å². The fraction of sp³-hybridized carbons (Fsp3) is 0.400. The molecule has 0 spiro atoms. The average molecular weight is 441 g/mol. The summed E-state index contributed by atoms with van der Waals surface area (Å²) in [5.74, 6) is 1.18. The summed E-state index contributed by atoms with van der Waals surface area (Å²) < 4.78 is 5.37. The zero-order chi connectivity index (χ0) is 22.4. The Kier molecular flexibility index (Phi) is 7.50. The van der Waals surface area contributed by atoms with Gasteiger partial charge in [-0.1, -0.05) is 18.2 Å². The maximum absolute atomic E-state index is 13.1. The first-order valence-electron chi connectivity index (χ1n) is 10.6. The van der Waals surface area contributed by atoms with E-state index in [9.17, 15) is 9.59 Å². The highest BCUT2D eigenvalue weighted by Crippen LogP contribution is 2.31. The van der Waals surface area contributed by atoms with Crippen LogP contribution in [0.25, 0.3) is 0 Å². The number of ether oxygens (including phenoxy) is 1. The fourth-order valence-corrected chi connectivity index (χ4v) is 3.99. The predicted molar refractivity (Wildman–Crippen MR) is 126 cm³/mol. The molecule has 0 aliphatic carbocycles. The van der Waals surface area contributed by atoms with E-state index < -0.39 is 0 Å². The maximum atomic E-state index is 13.1. The molecule has 0 aromatic heterocycles. The highest BCUT2D eigenvalue weighted by atomic mass is 35.5. The number of carbonyl (C=O) groups is 2. The first-order valence-corrected chi connectivity index (χ1v) is 11.1. The van der Waals surface area contributed by atoms with Crippen molar-refractivity contribution in [2.45, 2.75) is 51.5 Å². The SMILES string of the molecule is COc1ccc2c(c1)C(CC(=O)c1cccc(NC(=O)CCCCCl)c1)=NC(C)(C)C2. The van der Waals surface area contributed by atoms with Gasteiger partial charge in [0.05, 0.1) is 24.8 Å². The number of hydrogen-bond donors (Lipinski definition) is 1. The molecule has 0 saturated carbocycles. The summed E-state index contributed by atoms with van der Waals surface area (Å²) in [6.07, 6.45) is 2.96. The molecule has 2 aromatic carbocycles. The zero-order valence-corrected chi connectivity index (χ0v) is 19.1. The highest BCUT2D eigenvalue weighted by Gasteiger charge is 2.28. The molecule has 1 amide bonds. The van der Waals surface area contributed by atoms with Gasteiger partial charge < -0.3 is 10.1 Å². The first-order chi connectivity index (χ1) is 14.8. The number of carbonyl (C=O) groups excluding carboxylic acids is 2. The Hall–Kier alpha value is -2.66. The van der Waals surface area contributed by atoms with Crippen LogP contribution in [0.4, 0.5) is 5.69 Å². The van der Waals surface area contributed by atoms with Gasteiger partial charge in [-0.05, 0) is 62.9 Å². The molecular weight excluding hydrogens is 412 g/mol. The number of aliphatic imine (C=N–C) groups is 1. The molecule has 1 aliphatic heterocycles. The molecule has 1 heterocycles. The minimum Gasteiger partial charge on any atom is -0.497 e. The summed E-state index contributed by atoms with van der Waals surface area (Å²) >= 11 is 5.66. The number of Topliss-reactive ketones (excluding diaryl/α,β-unsaturated/α-hetero) is 1. The fourth-order valence-electron chi connectivity index (χ4n) is 3.80. The Bertz CT molecular complexity index is 998. The Morgan fingerprint density at radius 3 is 2.71 bits per heavy atom. The number of benzene rings is 2. The molecule has 31 heavy (non-hydrogen) atoms. The van der Waals surface area contributed by atoms with Gasteiger partial charge in [0, 0.05) is 29.1 Å². The number of nitrogens with one attached hydrogen (secondary N) is 1.